The van der Waals surface area contributed by atoms with Crippen LogP contribution in [0.1, 0.15) is 10.4 Å². The second-order valence-electron chi connectivity index (χ2n) is 2.45. The van der Waals surface area contributed by atoms with E-state index in [9.17, 15) is 4.79 Å². The highest BCUT2D eigenvalue weighted by molar-refractivity contribution is 7.80. The maximum absolute atomic E-state index is 11.3. The van der Waals surface area contributed by atoms with Crippen LogP contribution in [0.2, 0.25) is 10.0 Å². The average molecular weight is 249 g/mol. The van der Waals surface area contributed by atoms with Crippen LogP contribution in [-0.4, -0.2) is 11.0 Å². The van der Waals surface area contributed by atoms with Gasteiger partial charge in [0, 0.05) is 5.56 Å². The number of hydrogen-bond acceptors (Lipinski definition) is 2. The smallest absolute Gasteiger partial charge is 0.257 e. The van der Waals surface area contributed by atoms with Crippen LogP contribution in [0, 0.1) is 0 Å². The SMILES string of the molecule is NC(=S)NC(=O)c1ccc(Cl)c(Cl)c1. The van der Waals surface area contributed by atoms with Crippen molar-refractivity contribution >= 4 is 46.4 Å². The molecule has 3 N–H and O–H groups in total. The van der Waals surface area contributed by atoms with E-state index in [-0.39, 0.29) is 5.11 Å². The Kier molecular flexibility index (Phi) is 3.69. The van der Waals surface area contributed by atoms with Gasteiger partial charge in [-0.25, -0.2) is 0 Å². The molecule has 1 aromatic rings. The number of hydrogen-bond donors (Lipinski definition) is 2. The van der Waals surface area contributed by atoms with E-state index in [1.54, 1.807) is 0 Å². The summed E-state index contributed by atoms with van der Waals surface area (Å²) in [6, 6.07) is 4.50. The van der Waals surface area contributed by atoms with Crippen LogP contribution in [-0.2, 0) is 0 Å². The first kappa shape index (κ1) is 11.2. The third kappa shape index (κ3) is 2.83. The number of amides is 1. The maximum Gasteiger partial charge on any atom is 0.257 e. The van der Waals surface area contributed by atoms with E-state index in [0.29, 0.717) is 15.6 Å². The van der Waals surface area contributed by atoms with Gasteiger partial charge in [0.25, 0.3) is 5.91 Å². The number of carbonyl (C=O) groups is 1. The lowest BCUT2D eigenvalue weighted by Gasteiger charge is -2.03. The minimum Gasteiger partial charge on any atom is -0.376 e. The van der Waals surface area contributed by atoms with Gasteiger partial charge in [-0.2, -0.15) is 0 Å². The summed E-state index contributed by atoms with van der Waals surface area (Å²) >= 11 is 15.9. The third-order valence-corrected chi connectivity index (χ3v) is 2.26. The van der Waals surface area contributed by atoms with Crippen molar-refractivity contribution < 1.29 is 4.79 Å². The van der Waals surface area contributed by atoms with E-state index in [2.05, 4.69) is 17.5 Å². The Bertz CT molecular complexity index is 395. The average Bonchev–Trinajstić information content (AvgIpc) is 2.08. The molecule has 0 aliphatic rings. The van der Waals surface area contributed by atoms with Gasteiger partial charge in [0.15, 0.2) is 5.11 Å². The van der Waals surface area contributed by atoms with Gasteiger partial charge in [-0.05, 0) is 30.4 Å². The summed E-state index contributed by atoms with van der Waals surface area (Å²) < 4.78 is 0. The Balaban J connectivity index is 2.91. The number of nitrogens with two attached hydrogens (primary N) is 1. The summed E-state index contributed by atoms with van der Waals surface area (Å²) in [6.07, 6.45) is 0. The zero-order valence-corrected chi connectivity index (χ0v) is 9.21. The standard InChI is InChI=1S/C8H6Cl2N2OS/c9-5-2-1-4(3-6(5)10)7(13)12-8(11)14/h1-3H,(H3,11,12,13,14). The lowest BCUT2D eigenvalue weighted by molar-refractivity contribution is 0.0977. The molecule has 0 aliphatic carbocycles. The van der Waals surface area contributed by atoms with Crippen LogP contribution in [0.15, 0.2) is 18.2 Å². The molecule has 0 heterocycles. The van der Waals surface area contributed by atoms with Crippen LogP contribution in [0.5, 0.6) is 0 Å². The summed E-state index contributed by atoms with van der Waals surface area (Å²) in [5.74, 6) is -0.406. The lowest BCUT2D eigenvalue weighted by Crippen LogP contribution is -2.34. The van der Waals surface area contributed by atoms with E-state index < -0.39 is 5.91 Å². The normalized spacial score (nSPS) is 9.57. The molecule has 0 aliphatic heterocycles. The molecule has 0 fully saturated rings. The molecule has 1 amide bonds. The zero-order valence-electron chi connectivity index (χ0n) is 6.88. The molecule has 1 rings (SSSR count). The Labute approximate surface area is 96.2 Å². The monoisotopic (exact) mass is 248 g/mol. The van der Waals surface area contributed by atoms with Gasteiger partial charge in [-0.15, -0.1) is 0 Å². The highest BCUT2D eigenvalue weighted by Gasteiger charge is 2.07. The van der Waals surface area contributed by atoms with Gasteiger partial charge in [0.2, 0.25) is 0 Å². The van der Waals surface area contributed by atoms with Gasteiger partial charge >= 0.3 is 0 Å². The molecular formula is C8H6Cl2N2OS. The van der Waals surface area contributed by atoms with E-state index in [1.807, 2.05) is 0 Å². The highest BCUT2D eigenvalue weighted by atomic mass is 35.5. The first-order chi connectivity index (χ1) is 6.50. The molecule has 0 spiro atoms. The molecular weight excluding hydrogens is 243 g/mol. The summed E-state index contributed by atoms with van der Waals surface area (Å²) in [7, 11) is 0. The summed E-state index contributed by atoms with van der Waals surface area (Å²) in [5, 5.41) is 2.89. The molecule has 0 bridgehead atoms. The van der Waals surface area contributed by atoms with Crippen molar-refractivity contribution in [2.75, 3.05) is 0 Å². The van der Waals surface area contributed by atoms with Crippen molar-refractivity contribution in [2.24, 2.45) is 5.73 Å². The first-order valence-corrected chi connectivity index (χ1v) is 4.73. The van der Waals surface area contributed by atoms with Crippen LogP contribution in [0.3, 0.4) is 0 Å². The fourth-order valence-corrected chi connectivity index (χ4v) is 1.21. The van der Waals surface area contributed by atoms with Crippen molar-refractivity contribution in [3.05, 3.63) is 33.8 Å². The molecule has 6 heteroatoms. The number of nitrogens with one attached hydrogen (secondary N) is 1. The fraction of sp³-hybridized carbons (Fsp3) is 0. The van der Waals surface area contributed by atoms with Gasteiger partial charge in [-0.1, -0.05) is 23.2 Å². The molecule has 0 unspecified atom stereocenters. The van der Waals surface area contributed by atoms with E-state index in [0.717, 1.165) is 0 Å². The van der Waals surface area contributed by atoms with Crippen molar-refractivity contribution in [1.82, 2.24) is 5.32 Å². The maximum atomic E-state index is 11.3. The summed E-state index contributed by atoms with van der Waals surface area (Å²) in [5.41, 5.74) is 5.49. The van der Waals surface area contributed by atoms with Crippen molar-refractivity contribution in [1.29, 1.82) is 0 Å². The largest absolute Gasteiger partial charge is 0.376 e. The Hall–Kier alpha value is -0.840. The van der Waals surface area contributed by atoms with Gasteiger partial charge in [0.1, 0.15) is 0 Å². The highest BCUT2D eigenvalue weighted by Crippen LogP contribution is 2.22. The third-order valence-electron chi connectivity index (χ3n) is 1.42. The molecule has 74 valence electrons. The number of carbonyl (C=O) groups excluding carboxylic acids is 1. The molecule has 0 saturated heterocycles. The Morgan fingerprint density at radius 1 is 1.36 bits per heavy atom. The lowest BCUT2D eigenvalue weighted by atomic mass is 10.2. The predicted octanol–water partition coefficient (Wildman–Crippen LogP) is 1.97. The molecule has 0 radical (unpaired) electrons. The topological polar surface area (TPSA) is 55.1 Å². The van der Waals surface area contributed by atoms with Crippen molar-refractivity contribution in [2.45, 2.75) is 0 Å². The minimum absolute atomic E-state index is 0.0823. The minimum atomic E-state index is -0.406. The van der Waals surface area contributed by atoms with Gasteiger partial charge in [0.05, 0.1) is 10.0 Å². The zero-order chi connectivity index (χ0) is 10.7. The number of rotatable bonds is 1. The van der Waals surface area contributed by atoms with Crippen molar-refractivity contribution in [3.8, 4) is 0 Å². The number of halogens is 2. The molecule has 0 saturated carbocycles. The molecule has 14 heavy (non-hydrogen) atoms. The fourth-order valence-electron chi connectivity index (χ4n) is 0.821. The molecule has 3 nitrogen and oxygen atoms in total. The van der Waals surface area contributed by atoms with E-state index in [4.69, 9.17) is 28.9 Å². The number of benzene rings is 1. The van der Waals surface area contributed by atoms with E-state index in [1.165, 1.54) is 18.2 Å². The van der Waals surface area contributed by atoms with Gasteiger partial charge in [-0.3, -0.25) is 10.1 Å². The Morgan fingerprint density at radius 2 is 2.00 bits per heavy atom. The van der Waals surface area contributed by atoms with Gasteiger partial charge < -0.3 is 5.73 Å². The van der Waals surface area contributed by atoms with Crippen LogP contribution < -0.4 is 11.1 Å². The second-order valence-corrected chi connectivity index (χ2v) is 3.70. The number of thiocarbonyl (C=S) groups is 1. The quantitative estimate of drug-likeness (QED) is 0.748. The summed E-state index contributed by atoms with van der Waals surface area (Å²) in [4.78, 5) is 11.3. The molecule has 1 aromatic carbocycles. The Morgan fingerprint density at radius 3 is 2.50 bits per heavy atom. The van der Waals surface area contributed by atoms with Crippen LogP contribution >= 0.6 is 35.4 Å². The molecule has 0 atom stereocenters. The first-order valence-electron chi connectivity index (χ1n) is 3.56. The van der Waals surface area contributed by atoms with Crippen LogP contribution in [0.4, 0.5) is 0 Å². The second kappa shape index (κ2) is 4.59. The van der Waals surface area contributed by atoms with Crippen LogP contribution in [0.25, 0.3) is 0 Å². The molecule has 0 aromatic heterocycles. The van der Waals surface area contributed by atoms with Crippen molar-refractivity contribution in [3.63, 3.8) is 0 Å². The summed E-state index contributed by atoms with van der Waals surface area (Å²) in [6.45, 7) is 0. The van der Waals surface area contributed by atoms with E-state index >= 15 is 0 Å². The predicted molar refractivity (Wildman–Crippen MR) is 60.7 cm³/mol.